The third-order valence-electron chi connectivity index (χ3n) is 5.31. The molecule has 36 heavy (non-hydrogen) atoms. The van der Waals surface area contributed by atoms with Gasteiger partial charge in [-0.05, 0) is 73.0 Å². The minimum absolute atomic E-state index is 0.0773. The molecule has 0 saturated carbocycles. The highest BCUT2D eigenvalue weighted by molar-refractivity contribution is 8.00. The first-order chi connectivity index (χ1) is 17.4. The van der Waals surface area contributed by atoms with Crippen LogP contribution in [0.15, 0.2) is 89.8 Å². The molecule has 3 N–H and O–H groups in total. The summed E-state index contributed by atoms with van der Waals surface area (Å²) >= 11 is 1.38. The van der Waals surface area contributed by atoms with E-state index in [9.17, 15) is 19.5 Å². The summed E-state index contributed by atoms with van der Waals surface area (Å²) in [5.41, 5.74) is 1.62. The highest BCUT2D eigenvalue weighted by Gasteiger charge is 2.16. The molecule has 182 valence electrons. The fourth-order valence-electron chi connectivity index (χ4n) is 3.69. The van der Waals surface area contributed by atoms with Crippen molar-refractivity contribution in [3.05, 3.63) is 96.1 Å². The molecule has 0 unspecified atom stereocenters. The lowest BCUT2D eigenvalue weighted by Gasteiger charge is -2.11. The van der Waals surface area contributed by atoms with Crippen LogP contribution < -0.4 is 15.4 Å². The Labute approximate surface area is 212 Å². The number of carboxylic acid groups (broad SMARTS) is 1. The van der Waals surface area contributed by atoms with Gasteiger partial charge < -0.3 is 20.5 Å². The van der Waals surface area contributed by atoms with Crippen LogP contribution in [0.2, 0.25) is 0 Å². The largest absolute Gasteiger partial charge is 0.494 e. The van der Waals surface area contributed by atoms with Crippen molar-refractivity contribution in [3.63, 3.8) is 0 Å². The number of ether oxygens (including phenoxy) is 1. The lowest BCUT2D eigenvalue weighted by Crippen LogP contribution is -2.14. The zero-order chi connectivity index (χ0) is 25.5. The van der Waals surface area contributed by atoms with Crippen LogP contribution in [-0.4, -0.2) is 35.2 Å². The number of amides is 2. The molecule has 0 fully saturated rings. The fraction of sp³-hybridized carbons (Fsp3) is 0.107. The molecular formula is C28H24N2O5S. The Kier molecular flexibility index (Phi) is 7.87. The normalized spacial score (nSPS) is 10.6. The van der Waals surface area contributed by atoms with Gasteiger partial charge in [-0.1, -0.05) is 24.3 Å². The van der Waals surface area contributed by atoms with Crippen LogP contribution in [0.25, 0.3) is 10.8 Å². The van der Waals surface area contributed by atoms with Gasteiger partial charge in [0, 0.05) is 27.2 Å². The number of carbonyl (C=O) groups is 3. The van der Waals surface area contributed by atoms with Gasteiger partial charge in [-0.3, -0.25) is 9.59 Å². The minimum Gasteiger partial charge on any atom is -0.494 e. The highest BCUT2D eigenvalue weighted by atomic mass is 32.2. The van der Waals surface area contributed by atoms with Crippen molar-refractivity contribution in [1.82, 2.24) is 0 Å². The summed E-state index contributed by atoms with van der Waals surface area (Å²) in [5.74, 6) is -0.642. The second kappa shape index (κ2) is 11.4. The Bertz CT molecular complexity index is 1400. The first-order valence-electron chi connectivity index (χ1n) is 11.3. The summed E-state index contributed by atoms with van der Waals surface area (Å²) in [6.45, 7) is 2.49. The highest BCUT2D eigenvalue weighted by Crippen LogP contribution is 2.26. The molecule has 2 amide bonds. The summed E-state index contributed by atoms with van der Waals surface area (Å²) in [5, 5.41) is 16.3. The Hall–Kier alpha value is -4.30. The molecule has 0 atom stereocenters. The minimum atomic E-state index is -1.09. The van der Waals surface area contributed by atoms with E-state index in [1.807, 2.05) is 19.1 Å². The maximum absolute atomic E-state index is 13.0. The number of benzene rings is 4. The molecule has 0 spiro atoms. The van der Waals surface area contributed by atoms with Crippen LogP contribution in [-0.2, 0) is 4.79 Å². The summed E-state index contributed by atoms with van der Waals surface area (Å²) in [6.07, 6.45) is 0. The molecule has 0 heterocycles. The van der Waals surface area contributed by atoms with Gasteiger partial charge in [0.25, 0.3) is 5.91 Å². The first-order valence-corrected chi connectivity index (χ1v) is 12.2. The number of hydrogen-bond donors (Lipinski definition) is 3. The van der Waals surface area contributed by atoms with Crippen LogP contribution in [0.5, 0.6) is 5.75 Å². The van der Waals surface area contributed by atoms with Gasteiger partial charge in [0.2, 0.25) is 5.91 Å². The molecule has 0 bridgehead atoms. The van der Waals surface area contributed by atoms with E-state index in [1.54, 1.807) is 66.7 Å². The summed E-state index contributed by atoms with van der Waals surface area (Å²) in [6, 6.07) is 24.3. The Morgan fingerprint density at radius 3 is 2.06 bits per heavy atom. The van der Waals surface area contributed by atoms with E-state index in [2.05, 4.69) is 10.6 Å². The SMILES string of the molecule is CCOc1ccc(NC(=O)CSc2ccc(NC(=O)c3cccc4cccc(C(=O)O)c34)cc2)cc1. The number of anilines is 2. The molecule has 0 aliphatic rings. The van der Waals surface area contributed by atoms with Crippen molar-refractivity contribution >= 4 is 51.7 Å². The molecule has 0 aliphatic heterocycles. The number of carboxylic acids is 1. The molecule has 7 nitrogen and oxygen atoms in total. The number of thioether (sulfide) groups is 1. The lowest BCUT2D eigenvalue weighted by atomic mass is 9.98. The average molecular weight is 501 g/mol. The van der Waals surface area contributed by atoms with Crippen molar-refractivity contribution in [2.75, 3.05) is 23.0 Å². The molecule has 4 rings (SSSR count). The summed E-state index contributed by atoms with van der Waals surface area (Å²) in [4.78, 5) is 37.8. The molecule has 0 radical (unpaired) electrons. The molecule has 0 aromatic heterocycles. The number of fused-ring (bicyclic) bond motifs is 1. The van der Waals surface area contributed by atoms with E-state index < -0.39 is 11.9 Å². The Balaban J connectivity index is 1.36. The van der Waals surface area contributed by atoms with Gasteiger partial charge in [0.15, 0.2) is 0 Å². The predicted molar refractivity (Wildman–Crippen MR) is 142 cm³/mol. The maximum Gasteiger partial charge on any atom is 0.336 e. The second-order valence-corrected chi connectivity index (χ2v) is 8.84. The quantitative estimate of drug-likeness (QED) is 0.247. The lowest BCUT2D eigenvalue weighted by molar-refractivity contribution is -0.113. The molecule has 8 heteroatoms. The van der Waals surface area contributed by atoms with Crippen LogP contribution in [0, 0.1) is 0 Å². The van der Waals surface area contributed by atoms with Crippen molar-refractivity contribution in [2.24, 2.45) is 0 Å². The van der Waals surface area contributed by atoms with Gasteiger partial charge in [-0.15, -0.1) is 11.8 Å². The van der Waals surface area contributed by atoms with Crippen LogP contribution in [0.1, 0.15) is 27.6 Å². The van der Waals surface area contributed by atoms with Crippen LogP contribution in [0.3, 0.4) is 0 Å². The number of rotatable bonds is 9. The van der Waals surface area contributed by atoms with Gasteiger partial charge in [0.05, 0.1) is 17.9 Å². The van der Waals surface area contributed by atoms with E-state index in [1.165, 1.54) is 17.8 Å². The molecule has 0 saturated heterocycles. The van der Waals surface area contributed by atoms with E-state index in [0.717, 1.165) is 10.6 Å². The van der Waals surface area contributed by atoms with Crippen LogP contribution in [0.4, 0.5) is 11.4 Å². The van der Waals surface area contributed by atoms with Gasteiger partial charge in [-0.2, -0.15) is 0 Å². The standard InChI is InChI=1S/C28H24N2O5S/c1-2-35-21-13-9-19(10-14-21)29-25(31)17-36-22-15-11-20(12-16-22)30-27(32)23-7-3-5-18-6-4-8-24(26(18)23)28(33)34/h3-16H,2,17H2,1H3,(H,29,31)(H,30,32)(H,33,34). The Morgan fingerprint density at radius 1 is 0.806 bits per heavy atom. The summed E-state index contributed by atoms with van der Waals surface area (Å²) in [7, 11) is 0. The average Bonchev–Trinajstić information content (AvgIpc) is 2.88. The predicted octanol–water partition coefficient (Wildman–Crippen LogP) is 5.92. The van der Waals surface area contributed by atoms with E-state index in [0.29, 0.717) is 28.8 Å². The smallest absolute Gasteiger partial charge is 0.336 e. The topological polar surface area (TPSA) is 105 Å². The zero-order valence-electron chi connectivity index (χ0n) is 19.5. The molecule has 4 aromatic carbocycles. The molecular weight excluding hydrogens is 476 g/mol. The van der Waals surface area contributed by atoms with Crippen LogP contribution >= 0.6 is 11.8 Å². The van der Waals surface area contributed by atoms with Crippen molar-refractivity contribution < 1.29 is 24.2 Å². The van der Waals surface area contributed by atoms with Gasteiger partial charge >= 0.3 is 5.97 Å². The summed E-state index contributed by atoms with van der Waals surface area (Å²) < 4.78 is 5.40. The van der Waals surface area contributed by atoms with Crippen molar-refractivity contribution in [2.45, 2.75) is 11.8 Å². The monoisotopic (exact) mass is 500 g/mol. The molecule has 4 aromatic rings. The van der Waals surface area contributed by atoms with E-state index in [4.69, 9.17) is 4.74 Å². The third-order valence-corrected chi connectivity index (χ3v) is 6.32. The fourth-order valence-corrected chi connectivity index (χ4v) is 4.39. The third kappa shape index (κ3) is 6.03. The van der Waals surface area contributed by atoms with E-state index in [-0.39, 0.29) is 22.8 Å². The second-order valence-electron chi connectivity index (χ2n) is 7.79. The number of hydrogen-bond acceptors (Lipinski definition) is 5. The number of nitrogens with one attached hydrogen (secondary N) is 2. The Morgan fingerprint density at radius 2 is 1.42 bits per heavy atom. The van der Waals surface area contributed by atoms with Crippen molar-refractivity contribution in [3.8, 4) is 5.75 Å². The van der Waals surface area contributed by atoms with Crippen molar-refractivity contribution in [1.29, 1.82) is 0 Å². The van der Waals surface area contributed by atoms with Gasteiger partial charge in [0.1, 0.15) is 5.75 Å². The zero-order valence-corrected chi connectivity index (χ0v) is 20.3. The van der Waals surface area contributed by atoms with E-state index >= 15 is 0 Å². The maximum atomic E-state index is 13.0. The number of carbonyl (C=O) groups excluding carboxylic acids is 2. The number of aromatic carboxylic acids is 1. The molecule has 0 aliphatic carbocycles. The first kappa shape index (κ1) is 24.8. The van der Waals surface area contributed by atoms with Gasteiger partial charge in [-0.25, -0.2) is 4.79 Å².